The number of terminal acetylenes is 1. The van der Waals surface area contributed by atoms with Crippen LogP contribution >= 0.6 is 0 Å². The first kappa shape index (κ1) is 16.1. The third kappa shape index (κ3) is 9.60. The van der Waals surface area contributed by atoms with Gasteiger partial charge in [0.1, 0.15) is 0 Å². The van der Waals surface area contributed by atoms with Gasteiger partial charge in [0.2, 0.25) is 0 Å². The molecule has 1 rings (SSSR count). The molecule has 0 amide bonds. The van der Waals surface area contributed by atoms with Crippen molar-refractivity contribution in [3.05, 3.63) is 0 Å². The van der Waals surface area contributed by atoms with E-state index >= 15 is 0 Å². The van der Waals surface area contributed by atoms with Gasteiger partial charge in [0.25, 0.3) is 0 Å². The Morgan fingerprint density at radius 3 is 2.42 bits per heavy atom. The Morgan fingerprint density at radius 1 is 1.00 bits per heavy atom. The molecule has 0 radical (unpaired) electrons. The van der Waals surface area contributed by atoms with Gasteiger partial charge in [-0.25, -0.2) is 0 Å². The summed E-state index contributed by atoms with van der Waals surface area (Å²) in [5.74, 6) is 9.06. The molecule has 106 valence electrons. The third-order valence-corrected chi connectivity index (χ3v) is 3.14. The predicted molar refractivity (Wildman–Crippen MR) is 78.5 cm³/mol. The van der Waals surface area contributed by atoms with E-state index in [-0.39, 0.29) is 6.29 Å². The van der Waals surface area contributed by atoms with Crippen molar-refractivity contribution in [2.24, 2.45) is 0 Å². The van der Waals surface area contributed by atoms with Crippen molar-refractivity contribution in [3.8, 4) is 24.2 Å². The van der Waals surface area contributed by atoms with Gasteiger partial charge in [-0.1, -0.05) is 0 Å². The first-order valence-electron chi connectivity index (χ1n) is 7.56. The molecular formula is C17H26O2. The lowest BCUT2D eigenvalue weighted by Crippen LogP contribution is -2.22. The first-order valence-corrected chi connectivity index (χ1v) is 7.56. The first-order chi connectivity index (χ1) is 9.43. The summed E-state index contributed by atoms with van der Waals surface area (Å²) in [5, 5.41) is 0. The van der Waals surface area contributed by atoms with Gasteiger partial charge >= 0.3 is 0 Å². The predicted octanol–water partition coefficient (Wildman–Crippen LogP) is 3.90. The average Bonchev–Trinajstić information content (AvgIpc) is 2.46. The Bertz CT molecular complexity index is 299. The number of rotatable bonds is 8. The summed E-state index contributed by atoms with van der Waals surface area (Å²) < 4.78 is 11.2. The Labute approximate surface area is 118 Å². The zero-order chi connectivity index (χ0) is 13.6. The van der Waals surface area contributed by atoms with Crippen molar-refractivity contribution >= 4 is 0 Å². The van der Waals surface area contributed by atoms with Gasteiger partial charge in [0.05, 0.1) is 0 Å². The normalized spacial score (nSPS) is 18.4. The van der Waals surface area contributed by atoms with Crippen LogP contribution in [0.2, 0.25) is 0 Å². The van der Waals surface area contributed by atoms with E-state index in [1.165, 1.54) is 12.8 Å². The minimum absolute atomic E-state index is 0.0518. The molecule has 1 heterocycles. The second-order valence-corrected chi connectivity index (χ2v) is 4.89. The van der Waals surface area contributed by atoms with Gasteiger partial charge in [-0.15, -0.1) is 24.2 Å². The molecule has 1 aliphatic rings. The van der Waals surface area contributed by atoms with Crippen LogP contribution in [0.15, 0.2) is 0 Å². The molecule has 0 saturated carbocycles. The highest BCUT2D eigenvalue weighted by molar-refractivity contribution is 4.98. The van der Waals surface area contributed by atoms with Crippen molar-refractivity contribution in [1.29, 1.82) is 0 Å². The lowest BCUT2D eigenvalue weighted by Gasteiger charge is -2.22. The van der Waals surface area contributed by atoms with E-state index in [4.69, 9.17) is 15.9 Å². The maximum Gasteiger partial charge on any atom is 0.157 e. The van der Waals surface area contributed by atoms with Gasteiger partial charge in [-0.3, -0.25) is 0 Å². The van der Waals surface area contributed by atoms with E-state index in [0.29, 0.717) is 0 Å². The van der Waals surface area contributed by atoms with E-state index in [9.17, 15) is 0 Å². The molecule has 1 aliphatic heterocycles. The second kappa shape index (κ2) is 12.1. The highest BCUT2D eigenvalue weighted by Gasteiger charge is 2.12. The van der Waals surface area contributed by atoms with E-state index in [0.717, 1.165) is 64.6 Å². The number of hydrogen-bond donors (Lipinski definition) is 0. The molecule has 0 aromatic heterocycles. The molecule has 2 heteroatoms. The molecule has 0 aromatic carbocycles. The van der Waals surface area contributed by atoms with Crippen LogP contribution in [0.1, 0.15) is 64.2 Å². The molecular weight excluding hydrogens is 236 g/mol. The fraction of sp³-hybridized carbons (Fsp3) is 0.765. The molecule has 1 unspecified atom stereocenters. The fourth-order valence-electron chi connectivity index (χ4n) is 1.99. The van der Waals surface area contributed by atoms with Gasteiger partial charge in [0.15, 0.2) is 6.29 Å². The van der Waals surface area contributed by atoms with Crippen molar-refractivity contribution in [2.75, 3.05) is 13.2 Å². The summed E-state index contributed by atoms with van der Waals surface area (Å²) in [5.41, 5.74) is 0. The van der Waals surface area contributed by atoms with Crippen LogP contribution in [-0.4, -0.2) is 19.5 Å². The second-order valence-electron chi connectivity index (χ2n) is 4.89. The zero-order valence-electron chi connectivity index (χ0n) is 12.0. The molecule has 0 N–H and O–H groups in total. The SMILES string of the molecule is C#CCCCCC#CCCCCOC1CCCCO1. The maximum absolute atomic E-state index is 5.67. The molecule has 0 bridgehead atoms. The summed E-state index contributed by atoms with van der Waals surface area (Å²) in [4.78, 5) is 0. The molecule has 2 nitrogen and oxygen atoms in total. The van der Waals surface area contributed by atoms with Gasteiger partial charge in [-0.2, -0.15) is 0 Å². The maximum atomic E-state index is 5.67. The molecule has 19 heavy (non-hydrogen) atoms. The van der Waals surface area contributed by atoms with Gasteiger partial charge < -0.3 is 9.47 Å². The third-order valence-electron chi connectivity index (χ3n) is 3.14. The Kier molecular flexibility index (Phi) is 10.2. The quantitative estimate of drug-likeness (QED) is 0.488. The van der Waals surface area contributed by atoms with E-state index in [1.807, 2.05) is 0 Å². The molecule has 0 spiro atoms. The Balaban J connectivity index is 1.83. The van der Waals surface area contributed by atoms with Crippen LogP contribution in [0.4, 0.5) is 0 Å². The van der Waals surface area contributed by atoms with Crippen LogP contribution < -0.4 is 0 Å². The summed E-state index contributed by atoms with van der Waals surface area (Å²) in [6, 6.07) is 0. The van der Waals surface area contributed by atoms with Crippen LogP contribution in [-0.2, 0) is 9.47 Å². The highest BCUT2D eigenvalue weighted by atomic mass is 16.7. The fourth-order valence-corrected chi connectivity index (χ4v) is 1.99. The standard InChI is InChI=1S/C17H26O2/c1-2-3-4-5-6-7-8-9-10-12-15-18-17-14-11-13-16-19-17/h1,17H,3-6,9-16H2. The summed E-state index contributed by atoms with van der Waals surface area (Å²) in [7, 11) is 0. The Hall–Kier alpha value is -0.960. The van der Waals surface area contributed by atoms with Crippen LogP contribution in [0, 0.1) is 24.2 Å². The smallest absolute Gasteiger partial charge is 0.157 e. The number of ether oxygens (including phenoxy) is 2. The lowest BCUT2D eigenvalue weighted by atomic mass is 10.2. The molecule has 1 fully saturated rings. The van der Waals surface area contributed by atoms with Crippen molar-refractivity contribution in [1.82, 2.24) is 0 Å². The summed E-state index contributed by atoms with van der Waals surface area (Å²) >= 11 is 0. The highest BCUT2D eigenvalue weighted by Crippen LogP contribution is 2.14. The number of unbranched alkanes of at least 4 members (excludes halogenated alkanes) is 5. The van der Waals surface area contributed by atoms with Gasteiger partial charge in [-0.05, 0) is 44.9 Å². The monoisotopic (exact) mass is 262 g/mol. The molecule has 0 aliphatic carbocycles. The van der Waals surface area contributed by atoms with Crippen LogP contribution in [0.5, 0.6) is 0 Å². The van der Waals surface area contributed by atoms with Crippen LogP contribution in [0.25, 0.3) is 0 Å². The van der Waals surface area contributed by atoms with Gasteiger partial charge in [0, 0.05) is 32.5 Å². The van der Waals surface area contributed by atoms with Crippen molar-refractivity contribution in [2.45, 2.75) is 70.5 Å². The topological polar surface area (TPSA) is 18.5 Å². The average molecular weight is 262 g/mol. The van der Waals surface area contributed by atoms with E-state index < -0.39 is 0 Å². The summed E-state index contributed by atoms with van der Waals surface area (Å²) in [6.07, 6.45) is 15.9. The summed E-state index contributed by atoms with van der Waals surface area (Å²) in [6.45, 7) is 1.66. The molecule has 1 saturated heterocycles. The van der Waals surface area contributed by atoms with Crippen molar-refractivity contribution in [3.63, 3.8) is 0 Å². The van der Waals surface area contributed by atoms with E-state index in [2.05, 4.69) is 17.8 Å². The van der Waals surface area contributed by atoms with E-state index in [1.54, 1.807) is 0 Å². The lowest BCUT2D eigenvalue weighted by molar-refractivity contribution is -0.162. The largest absolute Gasteiger partial charge is 0.353 e. The van der Waals surface area contributed by atoms with Crippen molar-refractivity contribution < 1.29 is 9.47 Å². The molecule has 0 aromatic rings. The molecule has 1 atom stereocenters. The number of hydrogen-bond acceptors (Lipinski definition) is 2. The zero-order valence-corrected chi connectivity index (χ0v) is 12.0. The minimum atomic E-state index is 0.0518. The minimum Gasteiger partial charge on any atom is -0.353 e. The van der Waals surface area contributed by atoms with Crippen LogP contribution in [0.3, 0.4) is 0 Å². The Morgan fingerprint density at radius 2 is 1.74 bits per heavy atom.